The number of benzene rings is 2. The number of carbonyl (C=O) groups excluding carboxylic acids is 2. The first-order chi connectivity index (χ1) is 14.5. The fraction of sp³-hybridized carbons (Fsp3) is 0.217. The highest BCUT2D eigenvalue weighted by atomic mass is 32.1. The number of aromatic nitrogens is 1. The monoisotopic (exact) mass is 419 g/mol. The molecule has 30 heavy (non-hydrogen) atoms. The molecule has 0 bridgehead atoms. The van der Waals surface area contributed by atoms with Gasteiger partial charge in [0.2, 0.25) is 0 Å². The molecule has 1 heterocycles. The number of esters is 1. The maximum atomic E-state index is 12.3. The van der Waals surface area contributed by atoms with E-state index in [4.69, 9.17) is 10.00 Å². The summed E-state index contributed by atoms with van der Waals surface area (Å²) in [5.74, 6) is -1.04. The molecule has 6 nitrogen and oxygen atoms in total. The third-order valence-electron chi connectivity index (χ3n) is 4.47. The van der Waals surface area contributed by atoms with Gasteiger partial charge in [-0.1, -0.05) is 43.3 Å². The molecule has 0 unspecified atom stereocenters. The van der Waals surface area contributed by atoms with Gasteiger partial charge in [-0.2, -0.15) is 5.26 Å². The summed E-state index contributed by atoms with van der Waals surface area (Å²) in [6.07, 6.45) is -0.0390. The van der Waals surface area contributed by atoms with Crippen molar-refractivity contribution in [3.8, 4) is 16.6 Å². The molecule has 3 rings (SSSR count). The van der Waals surface area contributed by atoms with Gasteiger partial charge in [-0.25, -0.2) is 4.98 Å². The number of rotatable bonds is 7. The molecule has 152 valence electrons. The Morgan fingerprint density at radius 2 is 1.93 bits per heavy atom. The van der Waals surface area contributed by atoms with E-state index in [1.54, 1.807) is 24.3 Å². The Morgan fingerprint density at radius 3 is 2.63 bits per heavy atom. The molecule has 1 amide bonds. The number of nitrogens with zero attached hydrogens (tertiary/aromatic N) is 2. The van der Waals surface area contributed by atoms with Crippen molar-refractivity contribution in [2.75, 3.05) is 5.32 Å². The second-order valence-electron chi connectivity index (χ2n) is 6.65. The Morgan fingerprint density at radius 1 is 1.20 bits per heavy atom. The molecule has 0 aliphatic rings. The van der Waals surface area contributed by atoms with Crippen molar-refractivity contribution in [2.24, 2.45) is 0 Å². The van der Waals surface area contributed by atoms with Crippen LogP contribution in [0.25, 0.3) is 10.6 Å². The number of anilines is 1. The van der Waals surface area contributed by atoms with Crippen molar-refractivity contribution in [1.29, 1.82) is 5.26 Å². The summed E-state index contributed by atoms with van der Waals surface area (Å²) in [7, 11) is 0. The lowest BCUT2D eigenvalue weighted by Gasteiger charge is -2.13. The first kappa shape index (κ1) is 21.2. The van der Waals surface area contributed by atoms with Crippen LogP contribution >= 0.6 is 11.3 Å². The summed E-state index contributed by atoms with van der Waals surface area (Å²) < 4.78 is 5.24. The van der Waals surface area contributed by atoms with E-state index in [-0.39, 0.29) is 6.42 Å². The molecule has 0 aliphatic heterocycles. The molecule has 0 spiro atoms. The van der Waals surface area contributed by atoms with Gasteiger partial charge in [0.15, 0.2) is 6.10 Å². The van der Waals surface area contributed by atoms with Crippen LogP contribution in [0.5, 0.6) is 0 Å². The lowest BCUT2D eigenvalue weighted by Crippen LogP contribution is -2.30. The highest BCUT2D eigenvalue weighted by molar-refractivity contribution is 7.13. The number of ether oxygens (including phenoxy) is 1. The van der Waals surface area contributed by atoms with E-state index in [1.165, 1.54) is 23.8 Å². The molecule has 0 saturated heterocycles. The first-order valence-corrected chi connectivity index (χ1v) is 10.4. The van der Waals surface area contributed by atoms with Gasteiger partial charge < -0.3 is 10.1 Å². The fourth-order valence-electron chi connectivity index (χ4n) is 2.77. The molecular formula is C23H21N3O3S. The number of nitrogens with one attached hydrogen (secondary N) is 1. The third-order valence-corrected chi connectivity index (χ3v) is 5.41. The van der Waals surface area contributed by atoms with Crippen LogP contribution in [-0.4, -0.2) is 23.0 Å². The van der Waals surface area contributed by atoms with Crippen LogP contribution in [0.15, 0.2) is 53.9 Å². The van der Waals surface area contributed by atoms with Crippen LogP contribution in [0.3, 0.4) is 0 Å². The Balaban J connectivity index is 1.56. The minimum absolute atomic E-state index is 0.0179. The van der Waals surface area contributed by atoms with Crippen LogP contribution < -0.4 is 5.32 Å². The number of carbonyl (C=O) groups is 2. The maximum absolute atomic E-state index is 12.3. The molecule has 0 aliphatic carbocycles. The smallest absolute Gasteiger partial charge is 0.312 e. The Labute approximate surface area is 179 Å². The van der Waals surface area contributed by atoms with Gasteiger partial charge in [0.1, 0.15) is 11.1 Å². The molecule has 0 fully saturated rings. The first-order valence-electron chi connectivity index (χ1n) is 9.53. The summed E-state index contributed by atoms with van der Waals surface area (Å²) in [5, 5.41) is 14.4. The summed E-state index contributed by atoms with van der Waals surface area (Å²) in [4.78, 5) is 29.0. The maximum Gasteiger partial charge on any atom is 0.312 e. The summed E-state index contributed by atoms with van der Waals surface area (Å²) in [6.45, 7) is 3.59. The number of hydrogen-bond donors (Lipinski definition) is 1. The van der Waals surface area contributed by atoms with Crippen molar-refractivity contribution in [3.05, 3.63) is 70.7 Å². The molecule has 2 aromatic carbocycles. The average Bonchev–Trinajstić information content (AvgIpc) is 3.22. The minimum Gasteiger partial charge on any atom is -0.452 e. The van der Waals surface area contributed by atoms with Crippen molar-refractivity contribution in [3.63, 3.8) is 0 Å². The minimum atomic E-state index is -0.996. The summed E-state index contributed by atoms with van der Waals surface area (Å²) in [5.41, 5.74) is 3.57. The molecule has 3 aromatic rings. The predicted molar refractivity (Wildman–Crippen MR) is 116 cm³/mol. The van der Waals surface area contributed by atoms with Gasteiger partial charge in [0, 0.05) is 10.9 Å². The standard InChI is InChI=1S/C23H21N3O3S/c1-3-16-8-10-17(11-9-16)23-25-19(14-30-23)12-21(27)29-15(2)22(28)26-20-7-5-4-6-18(20)13-24/h4-11,14-15H,3,12H2,1-2H3,(H,26,28)/t15-/m0/s1. The number of aryl methyl sites for hydroxylation is 1. The predicted octanol–water partition coefficient (Wildman–Crippen LogP) is 4.36. The van der Waals surface area contributed by atoms with E-state index in [9.17, 15) is 9.59 Å². The Kier molecular flexibility index (Phi) is 6.94. The summed E-state index contributed by atoms with van der Waals surface area (Å²) >= 11 is 1.46. The molecular weight excluding hydrogens is 398 g/mol. The van der Waals surface area contributed by atoms with Gasteiger partial charge >= 0.3 is 5.97 Å². The van der Waals surface area contributed by atoms with Crippen LogP contribution in [0.2, 0.25) is 0 Å². The third kappa shape index (κ3) is 5.31. The van der Waals surface area contributed by atoms with Crippen molar-refractivity contribution >= 4 is 28.9 Å². The second-order valence-corrected chi connectivity index (χ2v) is 7.51. The highest BCUT2D eigenvalue weighted by Crippen LogP contribution is 2.24. The number of nitriles is 1. The van der Waals surface area contributed by atoms with Gasteiger partial charge in [-0.05, 0) is 31.0 Å². The average molecular weight is 420 g/mol. The summed E-state index contributed by atoms with van der Waals surface area (Å²) in [6, 6.07) is 16.8. The van der Waals surface area contributed by atoms with Crippen molar-refractivity contribution < 1.29 is 14.3 Å². The number of thiazole rings is 1. The van der Waals surface area contributed by atoms with E-state index in [0.29, 0.717) is 16.9 Å². The molecule has 1 N–H and O–H groups in total. The Hall–Kier alpha value is -3.50. The number of para-hydroxylation sites is 1. The van der Waals surface area contributed by atoms with E-state index in [2.05, 4.69) is 29.4 Å². The zero-order valence-electron chi connectivity index (χ0n) is 16.7. The normalized spacial score (nSPS) is 11.4. The molecule has 1 atom stereocenters. The van der Waals surface area contributed by atoms with E-state index >= 15 is 0 Å². The number of amides is 1. The molecule has 1 aromatic heterocycles. The Bertz CT molecular complexity index is 1080. The lowest BCUT2D eigenvalue weighted by atomic mass is 10.1. The van der Waals surface area contributed by atoms with Crippen molar-refractivity contribution in [2.45, 2.75) is 32.8 Å². The van der Waals surface area contributed by atoms with Crippen LogP contribution in [0.4, 0.5) is 5.69 Å². The molecule has 7 heteroatoms. The fourth-order valence-corrected chi connectivity index (χ4v) is 3.59. The SMILES string of the molecule is CCc1ccc(-c2nc(CC(=O)O[C@@H](C)C(=O)Nc3ccccc3C#N)cs2)cc1. The van der Waals surface area contributed by atoms with E-state index < -0.39 is 18.0 Å². The van der Waals surface area contributed by atoms with E-state index in [0.717, 1.165) is 17.0 Å². The quantitative estimate of drug-likeness (QED) is 0.575. The van der Waals surface area contributed by atoms with Crippen molar-refractivity contribution in [1.82, 2.24) is 4.98 Å². The van der Waals surface area contributed by atoms with Gasteiger partial charge in [-0.15, -0.1) is 11.3 Å². The van der Waals surface area contributed by atoms with Crippen LogP contribution in [-0.2, 0) is 27.2 Å². The highest BCUT2D eigenvalue weighted by Gasteiger charge is 2.20. The number of hydrogen-bond acceptors (Lipinski definition) is 6. The van der Waals surface area contributed by atoms with Gasteiger partial charge in [0.25, 0.3) is 5.91 Å². The van der Waals surface area contributed by atoms with Crippen LogP contribution in [0, 0.1) is 11.3 Å². The lowest BCUT2D eigenvalue weighted by molar-refractivity contribution is -0.152. The zero-order chi connectivity index (χ0) is 21.5. The van der Waals surface area contributed by atoms with Crippen LogP contribution in [0.1, 0.15) is 30.7 Å². The molecule has 0 radical (unpaired) electrons. The zero-order valence-corrected chi connectivity index (χ0v) is 17.5. The topological polar surface area (TPSA) is 92.1 Å². The van der Waals surface area contributed by atoms with Gasteiger partial charge in [-0.3, -0.25) is 9.59 Å². The second kappa shape index (κ2) is 9.81. The molecule has 0 saturated carbocycles. The largest absolute Gasteiger partial charge is 0.452 e. The van der Waals surface area contributed by atoms with E-state index in [1.807, 2.05) is 23.6 Å². The van der Waals surface area contributed by atoms with Gasteiger partial charge in [0.05, 0.1) is 23.4 Å².